The molecule has 0 fully saturated rings. The van der Waals surface area contributed by atoms with Gasteiger partial charge in [-0.25, -0.2) is 0 Å². The minimum atomic E-state index is -5.22. The summed E-state index contributed by atoms with van der Waals surface area (Å²) in [6.45, 7) is 1.16. The minimum absolute atomic E-state index is 0.151. The summed E-state index contributed by atoms with van der Waals surface area (Å²) in [7, 11) is -5.22. The summed E-state index contributed by atoms with van der Waals surface area (Å²) in [5.74, 6) is -1.95. The third kappa shape index (κ3) is 8.73. The highest BCUT2D eigenvalue weighted by Crippen LogP contribution is 2.31. The van der Waals surface area contributed by atoms with E-state index < -0.39 is 46.1 Å². The van der Waals surface area contributed by atoms with Crippen LogP contribution < -0.4 is 0 Å². The molecule has 3 atom stereocenters. The van der Waals surface area contributed by atoms with E-state index in [4.69, 9.17) is 5.11 Å². The van der Waals surface area contributed by atoms with Gasteiger partial charge in [-0.15, -0.1) is 0 Å². The quantitative estimate of drug-likeness (QED) is 0.165. The van der Waals surface area contributed by atoms with Crippen LogP contribution in [0.2, 0.25) is 0 Å². The van der Waals surface area contributed by atoms with Crippen LogP contribution in [0, 0.1) is 0 Å². The second-order valence-corrected chi connectivity index (χ2v) is 9.18. The fourth-order valence-electron chi connectivity index (χ4n) is 3.41. The lowest BCUT2D eigenvalue weighted by molar-refractivity contribution is -0.148. The van der Waals surface area contributed by atoms with E-state index in [9.17, 15) is 33.1 Å². The first-order valence-electron chi connectivity index (χ1n) is 10.3. The average molecular weight is 427 g/mol. The smallest absolute Gasteiger partial charge is 0.330 e. The van der Waals surface area contributed by atoms with Crippen molar-refractivity contribution in [2.45, 2.75) is 107 Å². The molecular weight excluding hydrogens is 388 g/mol. The topological polar surface area (TPSA) is 152 Å². The molecule has 3 unspecified atom stereocenters. The van der Waals surface area contributed by atoms with E-state index in [0.29, 0.717) is 6.42 Å². The maximum absolute atomic E-state index is 11.7. The molecule has 0 aliphatic heterocycles. The van der Waals surface area contributed by atoms with Gasteiger partial charge >= 0.3 is 5.97 Å². The number of carboxylic acids is 1. The first kappa shape index (κ1) is 27.3. The van der Waals surface area contributed by atoms with Crippen LogP contribution in [0.15, 0.2) is 0 Å². The predicted molar refractivity (Wildman–Crippen MR) is 107 cm³/mol. The summed E-state index contributed by atoms with van der Waals surface area (Å²) in [5, 5.41) is 37.8. The first-order valence-corrected chi connectivity index (χ1v) is 11.8. The molecule has 0 aromatic carbocycles. The molecule has 0 spiro atoms. The highest BCUT2D eigenvalue weighted by Gasteiger charge is 2.58. The number of carboxylic acid groups (broad SMARTS) is 1. The third-order valence-electron chi connectivity index (χ3n) is 5.25. The Morgan fingerprint density at radius 3 is 1.57 bits per heavy atom. The summed E-state index contributed by atoms with van der Waals surface area (Å²) in [6.07, 6.45) is 7.25. The van der Waals surface area contributed by atoms with E-state index in [1.165, 1.54) is 38.5 Å². The number of hydrogen-bond donors (Lipinski definition) is 5. The number of hydrogen-bond acceptors (Lipinski definition) is 6. The molecule has 0 aromatic heterocycles. The minimum Gasteiger partial charge on any atom is -0.480 e. The van der Waals surface area contributed by atoms with Crippen molar-refractivity contribution in [2.75, 3.05) is 6.61 Å². The van der Waals surface area contributed by atoms with Crippen molar-refractivity contribution in [3.8, 4) is 0 Å². The molecule has 0 radical (unpaired) electrons. The van der Waals surface area contributed by atoms with Crippen molar-refractivity contribution >= 4 is 16.1 Å². The van der Waals surface area contributed by atoms with E-state index in [2.05, 4.69) is 6.92 Å². The SMILES string of the molecule is CCCCCCCCCCCCCCC(C(=O)O)(C(O)C(O)CO)S(=O)(=O)O. The Morgan fingerprint density at radius 2 is 1.25 bits per heavy atom. The van der Waals surface area contributed by atoms with Crippen LogP contribution in [0.25, 0.3) is 0 Å². The Hall–Kier alpha value is -0.740. The van der Waals surface area contributed by atoms with Crippen molar-refractivity contribution in [3.63, 3.8) is 0 Å². The Kier molecular flexibility index (Phi) is 13.9. The van der Waals surface area contributed by atoms with Gasteiger partial charge < -0.3 is 20.4 Å². The van der Waals surface area contributed by atoms with Crippen LogP contribution in [0.1, 0.15) is 90.4 Å². The standard InChI is InChI=1S/C19H38O8S/c1-2-3-4-5-6-7-8-9-10-11-12-13-14-19(18(23)24,28(25,26)27)17(22)16(21)15-20/h16-17,20-22H,2-15H2,1H3,(H,23,24)(H,25,26,27). The third-order valence-corrected chi connectivity index (χ3v) is 6.79. The monoisotopic (exact) mass is 426 g/mol. The van der Waals surface area contributed by atoms with E-state index in [0.717, 1.165) is 25.7 Å². The van der Waals surface area contributed by atoms with Gasteiger partial charge in [0, 0.05) is 0 Å². The molecular formula is C19H38O8S. The highest BCUT2D eigenvalue weighted by atomic mass is 32.2. The van der Waals surface area contributed by atoms with Gasteiger partial charge in [0.15, 0.2) is 0 Å². The number of carbonyl (C=O) groups is 1. The Morgan fingerprint density at radius 1 is 0.857 bits per heavy atom. The molecule has 0 aromatic rings. The molecule has 5 N–H and O–H groups in total. The van der Waals surface area contributed by atoms with Crippen LogP contribution >= 0.6 is 0 Å². The van der Waals surface area contributed by atoms with E-state index in [1.807, 2.05) is 0 Å². The highest BCUT2D eigenvalue weighted by molar-refractivity contribution is 7.88. The number of aliphatic carboxylic acids is 1. The van der Waals surface area contributed by atoms with Crippen LogP contribution in [0.3, 0.4) is 0 Å². The normalized spacial score (nSPS) is 16.5. The maximum Gasteiger partial charge on any atom is 0.330 e. The van der Waals surface area contributed by atoms with Crippen LogP contribution in [0.4, 0.5) is 0 Å². The Bertz CT molecular complexity index is 522. The van der Waals surface area contributed by atoms with E-state index >= 15 is 0 Å². The van der Waals surface area contributed by atoms with Crippen LogP contribution in [0.5, 0.6) is 0 Å². The molecule has 0 aliphatic rings. The average Bonchev–Trinajstić information content (AvgIpc) is 2.63. The summed E-state index contributed by atoms with van der Waals surface area (Å²) in [5.41, 5.74) is 0. The zero-order valence-electron chi connectivity index (χ0n) is 16.9. The van der Waals surface area contributed by atoms with Crippen molar-refractivity contribution in [1.82, 2.24) is 0 Å². The fourth-order valence-corrected chi connectivity index (χ4v) is 4.50. The lowest BCUT2D eigenvalue weighted by Gasteiger charge is -2.33. The Labute approximate surface area is 168 Å². The van der Waals surface area contributed by atoms with Crippen molar-refractivity contribution in [3.05, 3.63) is 0 Å². The van der Waals surface area contributed by atoms with Crippen LogP contribution in [-0.4, -0.2) is 62.9 Å². The number of aliphatic hydroxyl groups is 3. The second kappa shape index (κ2) is 14.3. The van der Waals surface area contributed by atoms with Gasteiger partial charge in [0.05, 0.1) is 6.61 Å². The predicted octanol–water partition coefficient (Wildman–Crippen LogP) is 2.50. The first-order chi connectivity index (χ1) is 13.1. The second-order valence-electron chi connectivity index (χ2n) is 7.50. The van der Waals surface area contributed by atoms with Gasteiger partial charge in [0.2, 0.25) is 4.75 Å². The van der Waals surface area contributed by atoms with Gasteiger partial charge in [-0.3, -0.25) is 9.35 Å². The lowest BCUT2D eigenvalue weighted by atomic mass is 9.90. The van der Waals surface area contributed by atoms with Crippen LogP contribution in [-0.2, 0) is 14.9 Å². The molecule has 168 valence electrons. The molecule has 0 aliphatic carbocycles. The molecule has 0 bridgehead atoms. The molecule has 0 rings (SSSR count). The van der Waals surface area contributed by atoms with Crippen molar-refractivity contribution in [1.29, 1.82) is 0 Å². The summed E-state index contributed by atoms with van der Waals surface area (Å²) >= 11 is 0. The molecule has 0 heterocycles. The van der Waals surface area contributed by atoms with Gasteiger partial charge in [0.1, 0.15) is 12.2 Å². The summed E-state index contributed by atoms with van der Waals surface area (Å²) in [4.78, 5) is 11.6. The van der Waals surface area contributed by atoms with E-state index in [1.54, 1.807) is 0 Å². The molecule has 0 amide bonds. The van der Waals surface area contributed by atoms with Crippen molar-refractivity contribution < 1.29 is 38.2 Å². The van der Waals surface area contributed by atoms with Crippen molar-refractivity contribution in [2.24, 2.45) is 0 Å². The van der Waals surface area contributed by atoms with Gasteiger partial charge in [0.25, 0.3) is 10.1 Å². The van der Waals surface area contributed by atoms with E-state index in [-0.39, 0.29) is 6.42 Å². The summed E-state index contributed by atoms with van der Waals surface area (Å²) in [6, 6.07) is 0. The molecule has 0 saturated carbocycles. The largest absolute Gasteiger partial charge is 0.480 e. The van der Waals surface area contributed by atoms with Gasteiger partial charge in [-0.1, -0.05) is 84.0 Å². The number of rotatable bonds is 18. The lowest BCUT2D eigenvalue weighted by Crippen LogP contribution is -2.60. The fraction of sp³-hybridized carbons (Fsp3) is 0.947. The molecule has 28 heavy (non-hydrogen) atoms. The van der Waals surface area contributed by atoms with Gasteiger partial charge in [-0.2, -0.15) is 8.42 Å². The zero-order chi connectivity index (χ0) is 21.6. The molecule has 8 nitrogen and oxygen atoms in total. The van der Waals surface area contributed by atoms with Gasteiger partial charge in [-0.05, 0) is 6.42 Å². The molecule has 0 saturated heterocycles. The molecule has 9 heteroatoms. The maximum atomic E-state index is 11.7. The zero-order valence-corrected chi connectivity index (χ0v) is 17.7. The number of unbranched alkanes of at least 4 members (excludes halogenated alkanes) is 11. The summed E-state index contributed by atoms with van der Waals surface area (Å²) < 4.78 is 29.9. The number of aliphatic hydroxyl groups excluding tert-OH is 3. The Balaban J connectivity index is 4.36.